The quantitative estimate of drug-likeness (QED) is 0.915. The number of rotatable bonds is 5. The molecule has 1 fully saturated rings. The Bertz CT molecular complexity index is 655. The Morgan fingerprint density at radius 1 is 1.17 bits per heavy atom. The van der Waals surface area contributed by atoms with Crippen LogP contribution in [0.15, 0.2) is 42.6 Å². The van der Waals surface area contributed by atoms with E-state index in [1.165, 1.54) is 0 Å². The number of hydrogen-bond acceptors (Lipinski definition) is 5. The molecule has 0 saturated carbocycles. The Morgan fingerprint density at radius 2 is 1.96 bits per heavy atom. The fourth-order valence-electron chi connectivity index (χ4n) is 3.20. The van der Waals surface area contributed by atoms with Crippen LogP contribution in [0.3, 0.4) is 0 Å². The first-order valence-corrected chi connectivity index (χ1v) is 8.40. The summed E-state index contributed by atoms with van der Waals surface area (Å²) in [5.41, 5.74) is 2.30. The van der Waals surface area contributed by atoms with E-state index in [0.717, 1.165) is 44.0 Å². The molecule has 0 radical (unpaired) electrons. The van der Waals surface area contributed by atoms with E-state index in [2.05, 4.69) is 27.8 Å². The van der Waals surface area contributed by atoms with Crippen molar-refractivity contribution in [1.29, 1.82) is 0 Å². The van der Waals surface area contributed by atoms with Crippen LogP contribution in [-0.4, -0.2) is 53.2 Å². The molecule has 3 rings (SSSR count). The summed E-state index contributed by atoms with van der Waals surface area (Å²) >= 11 is 0. The van der Waals surface area contributed by atoms with Crippen molar-refractivity contribution >= 4 is 0 Å². The molecule has 1 atom stereocenters. The average Bonchev–Trinajstić information content (AvgIpc) is 2.64. The lowest BCUT2D eigenvalue weighted by Gasteiger charge is -2.37. The summed E-state index contributed by atoms with van der Waals surface area (Å²) in [4.78, 5) is 9.40. The Hall–Kier alpha value is -2.11. The SMILES string of the molecule is COc1cc(CN2CCN(C(C)c3ccccn3)CC2)ccc1O. The molecule has 24 heavy (non-hydrogen) atoms. The van der Waals surface area contributed by atoms with Gasteiger partial charge in [0.15, 0.2) is 11.5 Å². The molecule has 0 spiro atoms. The highest BCUT2D eigenvalue weighted by molar-refractivity contribution is 5.41. The minimum Gasteiger partial charge on any atom is -0.504 e. The summed E-state index contributed by atoms with van der Waals surface area (Å²) in [5, 5.41) is 9.69. The van der Waals surface area contributed by atoms with Crippen LogP contribution in [0.25, 0.3) is 0 Å². The van der Waals surface area contributed by atoms with Crippen molar-refractivity contribution in [3.63, 3.8) is 0 Å². The summed E-state index contributed by atoms with van der Waals surface area (Å²) in [6.45, 7) is 7.23. The second-order valence-corrected chi connectivity index (χ2v) is 6.25. The van der Waals surface area contributed by atoms with Crippen LogP contribution >= 0.6 is 0 Å². The van der Waals surface area contributed by atoms with E-state index in [0.29, 0.717) is 11.8 Å². The number of methoxy groups -OCH3 is 1. The molecule has 1 aliphatic heterocycles. The van der Waals surface area contributed by atoms with E-state index in [1.807, 2.05) is 30.5 Å². The van der Waals surface area contributed by atoms with Gasteiger partial charge in [0.1, 0.15) is 0 Å². The number of phenolic OH excluding ortho intramolecular Hbond substituents is 1. The van der Waals surface area contributed by atoms with Gasteiger partial charge in [0, 0.05) is 45.0 Å². The van der Waals surface area contributed by atoms with E-state index in [9.17, 15) is 5.11 Å². The zero-order valence-electron chi connectivity index (χ0n) is 14.4. The first kappa shape index (κ1) is 16.7. The molecular formula is C19H25N3O2. The van der Waals surface area contributed by atoms with E-state index in [1.54, 1.807) is 13.2 Å². The van der Waals surface area contributed by atoms with Gasteiger partial charge in [-0.25, -0.2) is 0 Å². The van der Waals surface area contributed by atoms with Crippen molar-refractivity contribution in [3.8, 4) is 11.5 Å². The first-order valence-electron chi connectivity index (χ1n) is 8.40. The first-order chi connectivity index (χ1) is 11.7. The lowest BCUT2D eigenvalue weighted by Crippen LogP contribution is -2.46. The van der Waals surface area contributed by atoms with Gasteiger partial charge < -0.3 is 9.84 Å². The molecule has 0 aliphatic carbocycles. The fraction of sp³-hybridized carbons (Fsp3) is 0.421. The highest BCUT2D eigenvalue weighted by atomic mass is 16.5. The lowest BCUT2D eigenvalue weighted by molar-refractivity contribution is 0.0963. The maximum atomic E-state index is 9.69. The topological polar surface area (TPSA) is 48.8 Å². The number of phenols is 1. The van der Waals surface area contributed by atoms with Crippen molar-refractivity contribution in [1.82, 2.24) is 14.8 Å². The standard InChI is InChI=1S/C19H25N3O2/c1-15(17-5-3-4-8-20-17)22-11-9-21(10-12-22)14-16-6-7-18(23)19(13-16)24-2/h3-8,13,15,23H,9-12,14H2,1-2H3. The van der Waals surface area contributed by atoms with Crippen LogP contribution < -0.4 is 4.74 Å². The van der Waals surface area contributed by atoms with Crippen molar-refractivity contribution in [2.45, 2.75) is 19.5 Å². The number of nitrogens with zero attached hydrogens (tertiary/aromatic N) is 3. The minimum atomic E-state index is 0.190. The second kappa shape index (κ2) is 7.64. The average molecular weight is 327 g/mol. The van der Waals surface area contributed by atoms with Crippen molar-refractivity contribution in [2.75, 3.05) is 33.3 Å². The third-order valence-electron chi connectivity index (χ3n) is 4.72. The van der Waals surface area contributed by atoms with Gasteiger partial charge in [-0.3, -0.25) is 14.8 Å². The van der Waals surface area contributed by atoms with Gasteiger partial charge in [-0.1, -0.05) is 12.1 Å². The zero-order chi connectivity index (χ0) is 16.9. The van der Waals surface area contributed by atoms with Gasteiger partial charge in [-0.05, 0) is 36.8 Å². The second-order valence-electron chi connectivity index (χ2n) is 6.25. The summed E-state index contributed by atoms with van der Waals surface area (Å²) in [6, 6.07) is 12.0. The Kier molecular flexibility index (Phi) is 5.33. The highest BCUT2D eigenvalue weighted by Gasteiger charge is 2.22. The molecule has 2 aromatic rings. The van der Waals surface area contributed by atoms with Gasteiger partial charge in [0.2, 0.25) is 0 Å². The molecule has 2 heterocycles. The number of aromatic hydroxyl groups is 1. The van der Waals surface area contributed by atoms with E-state index in [-0.39, 0.29) is 5.75 Å². The third-order valence-corrected chi connectivity index (χ3v) is 4.72. The molecule has 128 valence electrons. The number of benzene rings is 1. The largest absolute Gasteiger partial charge is 0.504 e. The molecular weight excluding hydrogens is 302 g/mol. The molecule has 0 amide bonds. The molecule has 1 unspecified atom stereocenters. The van der Waals surface area contributed by atoms with Crippen LogP contribution in [0, 0.1) is 0 Å². The minimum absolute atomic E-state index is 0.190. The van der Waals surface area contributed by atoms with Crippen molar-refractivity contribution in [2.24, 2.45) is 0 Å². The van der Waals surface area contributed by atoms with Gasteiger partial charge in [-0.2, -0.15) is 0 Å². The van der Waals surface area contributed by atoms with Gasteiger partial charge in [0.05, 0.1) is 12.8 Å². The molecule has 1 N–H and O–H groups in total. The van der Waals surface area contributed by atoms with E-state index in [4.69, 9.17) is 4.74 Å². The Balaban J connectivity index is 1.55. The number of aromatic nitrogens is 1. The Labute approximate surface area is 143 Å². The fourth-order valence-corrected chi connectivity index (χ4v) is 3.20. The van der Waals surface area contributed by atoms with E-state index < -0.39 is 0 Å². The van der Waals surface area contributed by atoms with Crippen LogP contribution in [-0.2, 0) is 6.54 Å². The highest BCUT2D eigenvalue weighted by Crippen LogP contribution is 2.27. The predicted octanol–water partition coefficient (Wildman–Crippen LogP) is 2.67. The van der Waals surface area contributed by atoms with Crippen molar-refractivity contribution in [3.05, 3.63) is 53.9 Å². The normalized spacial score (nSPS) is 17.6. The Morgan fingerprint density at radius 3 is 2.62 bits per heavy atom. The maximum absolute atomic E-state index is 9.69. The molecule has 5 nitrogen and oxygen atoms in total. The van der Waals surface area contributed by atoms with Crippen molar-refractivity contribution < 1.29 is 9.84 Å². The smallest absolute Gasteiger partial charge is 0.160 e. The summed E-state index contributed by atoms with van der Waals surface area (Å²) in [7, 11) is 1.58. The van der Waals surface area contributed by atoms with E-state index >= 15 is 0 Å². The summed E-state index contributed by atoms with van der Waals surface area (Å²) < 4.78 is 5.19. The number of hydrogen-bond donors (Lipinski definition) is 1. The monoisotopic (exact) mass is 327 g/mol. The summed E-state index contributed by atoms with van der Waals surface area (Å²) in [5.74, 6) is 0.727. The van der Waals surface area contributed by atoms with Crippen LogP contribution in [0.4, 0.5) is 0 Å². The van der Waals surface area contributed by atoms with Gasteiger partial charge in [-0.15, -0.1) is 0 Å². The van der Waals surface area contributed by atoms with Crippen LogP contribution in [0.2, 0.25) is 0 Å². The van der Waals surface area contributed by atoms with Crippen LogP contribution in [0.5, 0.6) is 11.5 Å². The van der Waals surface area contributed by atoms with Gasteiger partial charge in [0.25, 0.3) is 0 Å². The molecule has 1 aromatic heterocycles. The van der Waals surface area contributed by atoms with Crippen LogP contribution in [0.1, 0.15) is 24.2 Å². The molecule has 1 aromatic carbocycles. The number of pyridine rings is 1. The molecule has 5 heteroatoms. The molecule has 1 aliphatic rings. The predicted molar refractivity (Wildman–Crippen MR) is 94.2 cm³/mol. The third kappa shape index (κ3) is 3.86. The number of ether oxygens (including phenoxy) is 1. The lowest BCUT2D eigenvalue weighted by atomic mass is 10.1. The van der Waals surface area contributed by atoms with Gasteiger partial charge >= 0.3 is 0 Å². The zero-order valence-corrected chi connectivity index (χ0v) is 14.4. The maximum Gasteiger partial charge on any atom is 0.160 e. The molecule has 0 bridgehead atoms. The molecule has 1 saturated heterocycles. The number of piperazine rings is 1. The summed E-state index contributed by atoms with van der Waals surface area (Å²) in [6.07, 6.45) is 1.86.